The van der Waals surface area contributed by atoms with E-state index < -0.39 is 11.6 Å². The maximum Gasteiger partial charge on any atom is 0.225 e. The molecule has 0 aliphatic heterocycles. The fourth-order valence-electron chi connectivity index (χ4n) is 2.90. The minimum Gasteiger partial charge on any atom is -0.330 e. The van der Waals surface area contributed by atoms with Crippen LogP contribution in [0.4, 0.5) is 14.5 Å². The summed E-state index contributed by atoms with van der Waals surface area (Å²) in [5, 5.41) is 2.34. The van der Waals surface area contributed by atoms with Gasteiger partial charge in [-0.25, -0.2) is 8.78 Å². The first-order chi connectivity index (χ1) is 9.56. The monoisotopic (exact) mass is 282 g/mol. The first kappa shape index (κ1) is 14.9. The molecule has 0 saturated heterocycles. The van der Waals surface area contributed by atoms with Gasteiger partial charge in [0.25, 0.3) is 0 Å². The molecule has 20 heavy (non-hydrogen) atoms. The Bertz CT molecular complexity index is 465. The molecule has 0 heterocycles. The molecule has 1 aromatic rings. The summed E-state index contributed by atoms with van der Waals surface area (Å²) in [7, 11) is 0. The van der Waals surface area contributed by atoms with E-state index in [9.17, 15) is 13.6 Å². The number of hydrogen-bond acceptors (Lipinski definition) is 2. The lowest BCUT2D eigenvalue weighted by atomic mass is 9.71. The van der Waals surface area contributed by atoms with Crippen molar-refractivity contribution in [2.45, 2.75) is 38.5 Å². The molecule has 2 rings (SSSR count). The molecule has 1 amide bonds. The molecule has 0 spiro atoms. The Morgan fingerprint density at radius 3 is 2.35 bits per heavy atom. The first-order valence-corrected chi connectivity index (χ1v) is 7.00. The number of amides is 1. The molecular weight excluding hydrogens is 262 g/mol. The molecule has 1 fully saturated rings. The first-order valence-electron chi connectivity index (χ1n) is 7.00. The minimum atomic E-state index is -0.760. The number of benzene rings is 1. The van der Waals surface area contributed by atoms with Crippen LogP contribution in [-0.4, -0.2) is 12.5 Å². The van der Waals surface area contributed by atoms with E-state index in [-0.39, 0.29) is 23.4 Å². The number of anilines is 1. The van der Waals surface area contributed by atoms with E-state index >= 15 is 0 Å². The number of hydrogen-bond donors (Lipinski definition) is 2. The van der Waals surface area contributed by atoms with Crippen LogP contribution in [0.2, 0.25) is 0 Å². The third-order valence-corrected chi connectivity index (χ3v) is 4.11. The van der Waals surface area contributed by atoms with Crippen molar-refractivity contribution in [2.75, 3.05) is 11.9 Å². The van der Waals surface area contributed by atoms with Crippen LogP contribution in [0.3, 0.4) is 0 Å². The van der Waals surface area contributed by atoms with E-state index in [0.29, 0.717) is 6.54 Å². The average molecular weight is 282 g/mol. The molecule has 0 unspecified atom stereocenters. The van der Waals surface area contributed by atoms with Crippen LogP contribution < -0.4 is 11.1 Å². The highest BCUT2D eigenvalue weighted by atomic mass is 19.1. The lowest BCUT2D eigenvalue weighted by Gasteiger charge is -2.35. The van der Waals surface area contributed by atoms with Crippen molar-refractivity contribution < 1.29 is 13.6 Å². The molecule has 110 valence electrons. The molecule has 3 nitrogen and oxygen atoms in total. The van der Waals surface area contributed by atoms with Gasteiger partial charge in [0.1, 0.15) is 17.3 Å². The summed E-state index contributed by atoms with van der Waals surface area (Å²) in [4.78, 5) is 12.0. The van der Waals surface area contributed by atoms with Crippen molar-refractivity contribution in [1.82, 2.24) is 0 Å². The molecular formula is C15H20F2N2O. The standard InChI is InChI=1S/C15H20F2N2O/c16-11-5-4-6-12(17)14(11)19-13(20)9-15(10-18)7-2-1-3-8-15/h4-6H,1-3,7-10,18H2,(H,19,20). The van der Waals surface area contributed by atoms with Gasteiger partial charge in [-0.05, 0) is 36.9 Å². The normalized spacial score (nSPS) is 17.8. The zero-order valence-corrected chi connectivity index (χ0v) is 11.4. The van der Waals surface area contributed by atoms with Crippen LogP contribution >= 0.6 is 0 Å². The second-order valence-corrected chi connectivity index (χ2v) is 5.59. The third kappa shape index (κ3) is 3.33. The summed E-state index contributed by atoms with van der Waals surface area (Å²) in [6.07, 6.45) is 5.28. The van der Waals surface area contributed by atoms with Crippen LogP contribution in [0.5, 0.6) is 0 Å². The molecule has 1 aliphatic carbocycles. The van der Waals surface area contributed by atoms with Crippen molar-refractivity contribution in [3.63, 3.8) is 0 Å². The zero-order valence-electron chi connectivity index (χ0n) is 11.4. The Balaban J connectivity index is 2.05. The average Bonchev–Trinajstić information content (AvgIpc) is 2.44. The number of rotatable bonds is 4. The number of carbonyl (C=O) groups is 1. The molecule has 0 aromatic heterocycles. The number of halogens is 2. The quantitative estimate of drug-likeness (QED) is 0.891. The van der Waals surface area contributed by atoms with Crippen LogP contribution in [0.25, 0.3) is 0 Å². The summed E-state index contributed by atoms with van der Waals surface area (Å²) < 4.78 is 27.0. The van der Waals surface area contributed by atoms with Crippen molar-refractivity contribution in [3.05, 3.63) is 29.8 Å². The molecule has 1 saturated carbocycles. The van der Waals surface area contributed by atoms with E-state index in [1.54, 1.807) is 0 Å². The van der Waals surface area contributed by atoms with Gasteiger partial charge in [-0.2, -0.15) is 0 Å². The fourth-order valence-corrected chi connectivity index (χ4v) is 2.90. The van der Waals surface area contributed by atoms with Crippen LogP contribution in [0.15, 0.2) is 18.2 Å². The Kier molecular flexibility index (Phi) is 4.70. The Hall–Kier alpha value is -1.49. The Labute approximate surface area is 117 Å². The number of nitrogens with one attached hydrogen (secondary N) is 1. The highest BCUT2D eigenvalue weighted by Gasteiger charge is 2.33. The highest BCUT2D eigenvalue weighted by molar-refractivity contribution is 5.91. The van der Waals surface area contributed by atoms with E-state index in [0.717, 1.165) is 44.2 Å². The zero-order chi connectivity index (χ0) is 14.6. The van der Waals surface area contributed by atoms with Gasteiger partial charge < -0.3 is 11.1 Å². The SMILES string of the molecule is NCC1(CC(=O)Nc2c(F)cccc2F)CCCCC1. The summed E-state index contributed by atoms with van der Waals surface area (Å²) >= 11 is 0. The van der Waals surface area contributed by atoms with Gasteiger partial charge in [0.05, 0.1) is 0 Å². The summed E-state index contributed by atoms with van der Waals surface area (Å²) in [5.41, 5.74) is 5.22. The number of carbonyl (C=O) groups excluding carboxylic acids is 1. The van der Waals surface area contributed by atoms with Gasteiger partial charge in [0.15, 0.2) is 0 Å². The molecule has 1 aliphatic rings. The predicted octanol–water partition coefficient (Wildman–Crippen LogP) is 3.20. The van der Waals surface area contributed by atoms with E-state index in [1.165, 1.54) is 6.07 Å². The smallest absolute Gasteiger partial charge is 0.225 e. The van der Waals surface area contributed by atoms with Crippen LogP contribution in [0.1, 0.15) is 38.5 Å². The maximum absolute atomic E-state index is 13.5. The van der Waals surface area contributed by atoms with Gasteiger partial charge in [0.2, 0.25) is 5.91 Å². The lowest BCUT2D eigenvalue weighted by Crippen LogP contribution is -2.36. The summed E-state index contributed by atoms with van der Waals surface area (Å²) in [6, 6.07) is 3.51. The van der Waals surface area contributed by atoms with Gasteiger partial charge in [-0.3, -0.25) is 4.79 Å². The molecule has 5 heteroatoms. The molecule has 3 N–H and O–H groups in total. The van der Waals surface area contributed by atoms with E-state index in [2.05, 4.69) is 5.32 Å². The lowest BCUT2D eigenvalue weighted by molar-refractivity contribution is -0.118. The number of para-hydroxylation sites is 1. The third-order valence-electron chi connectivity index (χ3n) is 4.11. The van der Waals surface area contributed by atoms with Crippen molar-refractivity contribution in [2.24, 2.45) is 11.1 Å². The van der Waals surface area contributed by atoms with Gasteiger partial charge in [-0.15, -0.1) is 0 Å². The number of nitrogens with two attached hydrogens (primary N) is 1. The summed E-state index contributed by atoms with van der Waals surface area (Å²) in [5.74, 6) is -1.89. The molecule has 0 bridgehead atoms. The topological polar surface area (TPSA) is 55.1 Å². The summed E-state index contributed by atoms with van der Waals surface area (Å²) in [6.45, 7) is 0.431. The van der Waals surface area contributed by atoms with Crippen molar-refractivity contribution >= 4 is 11.6 Å². The Morgan fingerprint density at radius 1 is 1.20 bits per heavy atom. The highest BCUT2D eigenvalue weighted by Crippen LogP contribution is 2.38. The van der Waals surface area contributed by atoms with Gasteiger partial charge >= 0.3 is 0 Å². The second kappa shape index (κ2) is 6.31. The van der Waals surface area contributed by atoms with Crippen LogP contribution in [0, 0.1) is 17.0 Å². The predicted molar refractivity (Wildman–Crippen MR) is 74.2 cm³/mol. The maximum atomic E-state index is 13.5. The van der Waals surface area contributed by atoms with Gasteiger partial charge in [-0.1, -0.05) is 25.3 Å². The van der Waals surface area contributed by atoms with Crippen LogP contribution in [-0.2, 0) is 4.79 Å². The van der Waals surface area contributed by atoms with E-state index in [1.807, 2.05) is 0 Å². The van der Waals surface area contributed by atoms with Crippen molar-refractivity contribution in [1.29, 1.82) is 0 Å². The second-order valence-electron chi connectivity index (χ2n) is 5.59. The fraction of sp³-hybridized carbons (Fsp3) is 0.533. The van der Waals surface area contributed by atoms with Crippen molar-refractivity contribution in [3.8, 4) is 0 Å². The minimum absolute atomic E-state index is 0.218. The van der Waals surface area contributed by atoms with Gasteiger partial charge in [0, 0.05) is 6.42 Å². The molecule has 1 aromatic carbocycles. The van der Waals surface area contributed by atoms with E-state index in [4.69, 9.17) is 5.73 Å². The molecule has 0 atom stereocenters. The largest absolute Gasteiger partial charge is 0.330 e. The Morgan fingerprint density at radius 2 is 1.80 bits per heavy atom. The molecule has 0 radical (unpaired) electrons.